The van der Waals surface area contributed by atoms with Crippen LogP contribution in [0.4, 0.5) is 10.8 Å². The SMILES string of the molecule is COC(=O)c1sc(Nc2cc(OC)cc(OC)c2)nc1Cl. The Morgan fingerprint density at radius 1 is 1.19 bits per heavy atom. The fourth-order valence-corrected chi connectivity index (χ4v) is 2.70. The maximum absolute atomic E-state index is 11.5. The van der Waals surface area contributed by atoms with Crippen molar-refractivity contribution in [1.82, 2.24) is 4.98 Å². The van der Waals surface area contributed by atoms with Gasteiger partial charge in [0.05, 0.1) is 21.3 Å². The highest BCUT2D eigenvalue weighted by Crippen LogP contribution is 2.32. The number of hydrogen-bond donors (Lipinski definition) is 1. The molecule has 0 aliphatic rings. The Morgan fingerprint density at radius 3 is 2.33 bits per heavy atom. The van der Waals surface area contributed by atoms with E-state index in [0.29, 0.717) is 22.3 Å². The lowest BCUT2D eigenvalue weighted by molar-refractivity contribution is 0.0606. The quantitative estimate of drug-likeness (QED) is 0.849. The average molecular weight is 329 g/mol. The van der Waals surface area contributed by atoms with Gasteiger partial charge in [-0.05, 0) is 0 Å². The number of anilines is 2. The first-order chi connectivity index (χ1) is 10.1. The summed E-state index contributed by atoms with van der Waals surface area (Å²) in [6, 6.07) is 5.30. The smallest absolute Gasteiger partial charge is 0.351 e. The Morgan fingerprint density at radius 2 is 1.81 bits per heavy atom. The molecule has 6 nitrogen and oxygen atoms in total. The molecule has 0 aliphatic heterocycles. The Kier molecular flexibility index (Phi) is 4.87. The van der Waals surface area contributed by atoms with Crippen molar-refractivity contribution >= 4 is 39.7 Å². The van der Waals surface area contributed by atoms with E-state index in [0.717, 1.165) is 11.3 Å². The molecule has 0 fully saturated rings. The van der Waals surface area contributed by atoms with Gasteiger partial charge in [-0.25, -0.2) is 9.78 Å². The summed E-state index contributed by atoms with van der Waals surface area (Å²) in [5.74, 6) is 0.745. The van der Waals surface area contributed by atoms with Crippen molar-refractivity contribution in [3.8, 4) is 11.5 Å². The number of carbonyl (C=O) groups excluding carboxylic acids is 1. The molecule has 1 aromatic heterocycles. The Balaban J connectivity index is 2.27. The van der Waals surface area contributed by atoms with Crippen LogP contribution in [0.25, 0.3) is 0 Å². The molecule has 0 bridgehead atoms. The summed E-state index contributed by atoms with van der Waals surface area (Å²) < 4.78 is 15.0. The van der Waals surface area contributed by atoms with Gasteiger partial charge in [0, 0.05) is 23.9 Å². The van der Waals surface area contributed by atoms with E-state index in [1.54, 1.807) is 32.4 Å². The van der Waals surface area contributed by atoms with Crippen molar-refractivity contribution in [2.45, 2.75) is 0 Å². The molecule has 0 aliphatic carbocycles. The standard InChI is InChI=1S/C13H13ClN2O4S/c1-18-8-4-7(5-9(6-8)19-2)15-13-16-11(14)10(21-13)12(17)20-3/h4-6H,1-3H3,(H,15,16). The number of halogens is 1. The molecule has 0 saturated heterocycles. The third-order valence-electron chi connectivity index (χ3n) is 2.56. The first-order valence-corrected chi connectivity index (χ1v) is 7.01. The summed E-state index contributed by atoms with van der Waals surface area (Å²) in [6.07, 6.45) is 0. The van der Waals surface area contributed by atoms with Crippen LogP contribution in [0.5, 0.6) is 11.5 Å². The molecule has 0 unspecified atom stereocenters. The normalized spacial score (nSPS) is 10.1. The summed E-state index contributed by atoms with van der Waals surface area (Å²) in [7, 11) is 4.42. The van der Waals surface area contributed by atoms with Crippen molar-refractivity contribution in [2.24, 2.45) is 0 Å². The Hall–Kier alpha value is -1.99. The largest absolute Gasteiger partial charge is 0.497 e. The zero-order chi connectivity index (χ0) is 15.4. The summed E-state index contributed by atoms with van der Waals surface area (Å²) >= 11 is 7.01. The topological polar surface area (TPSA) is 69.7 Å². The number of ether oxygens (including phenoxy) is 3. The Labute approximate surface area is 130 Å². The van der Waals surface area contributed by atoms with E-state index in [2.05, 4.69) is 15.0 Å². The second-order valence-electron chi connectivity index (χ2n) is 3.86. The van der Waals surface area contributed by atoms with Crippen molar-refractivity contribution < 1.29 is 19.0 Å². The lowest BCUT2D eigenvalue weighted by atomic mass is 10.3. The molecular weight excluding hydrogens is 316 g/mol. The second-order valence-corrected chi connectivity index (χ2v) is 5.21. The first kappa shape index (κ1) is 15.4. The fraction of sp³-hybridized carbons (Fsp3) is 0.231. The molecule has 0 spiro atoms. The molecule has 0 radical (unpaired) electrons. The van der Waals surface area contributed by atoms with Gasteiger partial charge in [0.25, 0.3) is 0 Å². The van der Waals surface area contributed by atoms with Crippen LogP contribution in [-0.2, 0) is 4.74 Å². The number of carbonyl (C=O) groups is 1. The van der Waals surface area contributed by atoms with Crippen LogP contribution in [-0.4, -0.2) is 32.3 Å². The van der Waals surface area contributed by atoms with E-state index in [9.17, 15) is 4.79 Å². The predicted molar refractivity (Wildman–Crippen MR) is 81.3 cm³/mol. The predicted octanol–water partition coefficient (Wildman–Crippen LogP) is 3.34. The monoisotopic (exact) mass is 328 g/mol. The van der Waals surface area contributed by atoms with E-state index >= 15 is 0 Å². The van der Waals surface area contributed by atoms with Crippen LogP contribution in [0.15, 0.2) is 18.2 Å². The zero-order valence-electron chi connectivity index (χ0n) is 11.6. The third-order valence-corrected chi connectivity index (χ3v) is 3.90. The molecule has 2 aromatic rings. The van der Waals surface area contributed by atoms with Crippen LogP contribution in [0.1, 0.15) is 9.67 Å². The van der Waals surface area contributed by atoms with E-state index in [4.69, 9.17) is 21.1 Å². The van der Waals surface area contributed by atoms with Gasteiger partial charge in [0.1, 0.15) is 11.5 Å². The van der Waals surface area contributed by atoms with Gasteiger partial charge in [-0.15, -0.1) is 0 Å². The van der Waals surface area contributed by atoms with Crippen molar-refractivity contribution in [3.05, 3.63) is 28.2 Å². The minimum absolute atomic E-state index is 0.101. The lowest BCUT2D eigenvalue weighted by Gasteiger charge is -2.08. The number of hydrogen-bond acceptors (Lipinski definition) is 7. The van der Waals surface area contributed by atoms with Crippen molar-refractivity contribution in [1.29, 1.82) is 0 Å². The van der Waals surface area contributed by atoms with Gasteiger partial charge < -0.3 is 19.5 Å². The fourth-order valence-electron chi connectivity index (χ4n) is 1.58. The van der Waals surface area contributed by atoms with Crippen LogP contribution >= 0.6 is 22.9 Å². The highest BCUT2D eigenvalue weighted by molar-refractivity contribution is 7.18. The van der Waals surface area contributed by atoms with E-state index < -0.39 is 5.97 Å². The molecule has 8 heteroatoms. The highest BCUT2D eigenvalue weighted by atomic mass is 35.5. The van der Waals surface area contributed by atoms with Crippen LogP contribution in [0.2, 0.25) is 5.15 Å². The molecule has 1 aromatic carbocycles. The molecule has 112 valence electrons. The van der Waals surface area contributed by atoms with E-state index in [1.165, 1.54) is 7.11 Å². The van der Waals surface area contributed by atoms with E-state index in [-0.39, 0.29) is 10.0 Å². The number of aromatic nitrogens is 1. The van der Waals surface area contributed by atoms with Gasteiger partial charge in [0.15, 0.2) is 15.2 Å². The molecule has 2 rings (SSSR count). The van der Waals surface area contributed by atoms with Crippen LogP contribution in [0.3, 0.4) is 0 Å². The highest BCUT2D eigenvalue weighted by Gasteiger charge is 2.17. The zero-order valence-corrected chi connectivity index (χ0v) is 13.2. The van der Waals surface area contributed by atoms with Crippen molar-refractivity contribution in [2.75, 3.05) is 26.6 Å². The van der Waals surface area contributed by atoms with Gasteiger partial charge in [0.2, 0.25) is 0 Å². The second kappa shape index (κ2) is 6.64. The Bertz CT molecular complexity index is 637. The minimum atomic E-state index is -0.520. The number of benzene rings is 1. The van der Waals surface area contributed by atoms with E-state index in [1.807, 2.05) is 0 Å². The third kappa shape index (κ3) is 3.56. The molecule has 1 N–H and O–H groups in total. The summed E-state index contributed by atoms with van der Waals surface area (Å²) in [5, 5.41) is 3.62. The molecule has 21 heavy (non-hydrogen) atoms. The molecule has 0 atom stereocenters. The first-order valence-electron chi connectivity index (χ1n) is 5.82. The minimum Gasteiger partial charge on any atom is -0.497 e. The molecule has 0 saturated carbocycles. The number of nitrogens with one attached hydrogen (secondary N) is 1. The van der Waals surface area contributed by atoms with Gasteiger partial charge in [-0.3, -0.25) is 0 Å². The lowest BCUT2D eigenvalue weighted by Crippen LogP contribution is -1.98. The van der Waals surface area contributed by atoms with Gasteiger partial charge in [-0.1, -0.05) is 22.9 Å². The summed E-state index contributed by atoms with van der Waals surface area (Å²) in [6.45, 7) is 0. The number of nitrogens with zero attached hydrogens (tertiary/aromatic N) is 1. The summed E-state index contributed by atoms with van der Waals surface area (Å²) in [5.41, 5.74) is 0.702. The molecule has 0 amide bonds. The summed E-state index contributed by atoms with van der Waals surface area (Å²) in [4.78, 5) is 15.8. The average Bonchev–Trinajstić information content (AvgIpc) is 2.86. The number of thiazole rings is 1. The number of esters is 1. The van der Waals surface area contributed by atoms with Crippen LogP contribution in [0, 0.1) is 0 Å². The molecule has 1 heterocycles. The van der Waals surface area contributed by atoms with Crippen LogP contribution < -0.4 is 14.8 Å². The maximum atomic E-state index is 11.5. The molecular formula is C13H13ClN2O4S. The maximum Gasteiger partial charge on any atom is 0.351 e. The van der Waals surface area contributed by atoms with Crippen molar-refractivity contribution in [3.63, 3.8) is 0 Å². The van der Waals surface area contributed by atoms with Gasteiger partial charge >= 0.3 is 5.97 Å². The number of methoxy groups -OCH3 is 3. The van der Waals surface area contributed by atoms with Gasteiger partial charge in [-0.2, -0.15) is 0 Å². The number of rotatable bonds is 5.